The normalized spacial score (nSPS) is 8.00. The molecule has 17 heavy (non-hydrogen) atoms. The summed E-state index contributed by atoms with van der Waals surface area (Å²) >= 11 is 0. The Kier molecular flexibility index (Phi) is 44.8. The first-order valence-electron chi connectivity index (χ1n) is 2.06. The summed E-state index contributed by atoms with van der Waals surface area (Å²) in [7, 11) is -11.4. The predicted molar refractivity (Wildman–Crippen MR) is 45.5 cm³/mol. The second kappa shape index (κ2) is 25.1. The van der Waals surface area contributed by atoms with E-state index in [1.165, 1.54) is 0 Å². The molecule has 0 aromatic rings. The molecule has 0 aliphatic heterocycles. The van der Waals surface area contributed by atoms with Gasteiger partial charge in [-0.25, -0.2) is 0 Å². The van der Waals surface area contributed by atoms with Crippen LogP contribution in [-0.2, 0) is 94.7 Å². The summed E-state index contributed by atoms with van der Waals surface area (Å²) in [5, 5.41) is 0. The second-order valence-electron chi connectivity index (χ2n) is 0.868. The average Bonchev–Trinajstić information content (AvgIpc) is 1.76. The van der Waals surface area contributed by atoms with Gasteiger partial charge in [0.2, 0.25) is 0 Å². The van der Waals surface area contributed by atoms with Crippen molar-refractivity contribution in [1.82, 2.24) is 0 Å². The Bertz CT molecular complexity index is 292. The van der Waals surface area contributed by atoms with E-state index in [4.69, 9.17) is 51.9 Å². The first kappa shape index (κ1) is 30.3. The Morgan fingerprint density at radius 3 is 0.412 bits per heavy atom. The van der Waals surface area contributed by atoms with E-state index in [1.54, 1.807) is 0 Å². The van der Waals surface area contributed by atoms with Crippen LogP contribution in [0.4, 0.5) is 0 Å². The van der Waals surface area contributed by atoms with E-state index in [9.17, 15) is 0 Å². The molecule has 0 saturated heterocycles. The van der Waals surface area contributed by atoms with Gasteiger partial charge >= 0.3 is 0 Å². The molecule has 0 amide bonds. The molecule has 0 spiro atoms. The van der Waals surface area contributed by atoms with Crippen molar-refractivity contribution < 1.29 is 69.0 Å². The van der Waals surface area contributed by atoms with Gasteiger partial charge in [0.1, 0.15) is 0 Å². The molecule has 0 saturated carbocycles. The van der Waals surface area contributed by atoms with E-state index >= 15 is 0 Å². The molecule has 0 bridgehead atoms. The van der Waals surface area contributed by atoms with Crippen LogP contribution >= 0.6 is 0 Å². The van der Waals surface area contributed by atoms with Gasteiger partial charge in [0.25, 0.3) is 0 Å². The van der Waals surface area contributed by atoms with Crippen LogP contribution in [0, 0.1) is 0 Å². The van der Waals surface area contributed by atoms with Crippen LogP contribution < -0.4 is 0 Å². The third-order valence-corrected chi connectivity index (χ3v) is 0. The average molecular weight is 379 g/mol. The van der Waals surface area contributed by atoms with Gasteiger partial charge in [0.05, 0.1) is 0 Å². The number of hydrogen-bond acceptors (Lipinski definition) is 12. The van der Waals surface area contributed by atoms with Crippen LogP contribution in [0.25, 0.3) is 0 Å². The van der Waals surface area contributed by atoms with E-state index in [0.717, 1.165) is 0 Å². The molecular weight excluding hydrogens is 375 g/mol. The summed E-state index contributed by atoms with van der Waals surface area (Å²) in [5.74, 6) is 0. The molecule has 0 heterocycles. The molecular formula is H4MnO12S4-4. The van der Waals surface area contributed by atoms with E-state index in [2.05, 4.69) is 0 Å². The topological polar surface area (TPSA) is 217 Å². The maximum absolute atomic E-state index is 8.56. The second-order valence-corrected chi connectivity index (χ2v) is 2.61. The number of hydrogen-bond donors (Lipinski definition) is 4. The van der Waals surface area contributed by atoms with Gasteiger partial charge in [-0.05, 0) is 0 Å². The smallest absolute Gasteiger partial charge is 0.0495 e. The fourth-order valence-electron chi connectivity index (χ4n) is 0. The van der Waals surface area contributed by atoms with Gasteiger partial charge in [0, 0.05) is 61.0 Å². The standard InChI is InChI=1S/Mn.4HO3S/c;4*1-4(2)3/h;4*(H,1,2,3)/q;4*-1. The Balaban J connectivity index is -0.0000000369. The quantitative estimate of drug-likeness (QED) is 0.174. The minimum atomic E-state index is -2.86. The van der Waals surface area contributed by atoms with Crippen molar-refractivity contribution in [2.24, 2.45) is 0 Å². The molecule has 17 heteroatoms. The van der Waals surface area contributed by atoms with Crippen molar-refractivity contribution in [3.63, 3.8) is 0 Å². The minimum Gasteiger partial charge on any atom is -0.439 e. The van der Waals surface area contributed by atoms with Crippen LogP contribution in [0.3, 0.4) is 0 Å². The summed E-state index contributed by atoms with van der Waals surface area (Å²) in [5.41, 5.74) is 0. The first-order valence-corrected chi connectivity index (χ1v) is 6.19. The van der Waals surface area contributed by atoms with Gasteiger partial charge in [-0.3, -0.25) is 0 Å². The minimum absolute atomic E-state index is 0. The Morgan fingerprint density at radius 1 is 0.412 bits per heavy atom. The predicted octanol–water partition coefficient (Wildman–Crippen LogP) is -0.928. The molecule has 0 aromatic heterocycles. The summed E-state index contributed by atoms with van der Waals surface area (Å²) in [4.78, 5) is 0. The van der Waals surface area contributed by atoms with Crippen molar-refractivity contribution in [2.45, 2.75) is 0 Å². The largest absolute Gasteiger partial charge is 0.439 e. The maximum Gasteiger partial charge on any atom is 0.0495 e. The van der Waals surface area contributed by atoms with Crippen molar-refractivity contribution >= 4 is 43.9 Å². The van der Waals surface area contributed by atoms with Crippen LogP contribution in [-0.4, -0.2) is 18.2 Å². The zero-order valence-electron chi connectivity index (χ0n) is 7.07. The molecule has 0 aromatic carbocycles. The van der Waals surface area contributed by atoms with E-state index in [-0.39, 0.29) is 17.1 Å². The molecule has 111 valence electrons. The van der Waals surface area contributed by atoms with Crippen molar-refractivity contribution in [3.8, 4) is 0 Å². The third kappa shape index (κ3) is 127000. The van der Waals surface area contributed by atoms with Crippen molar-refractivity contribution in [1.29, 1.82) is 0 Å². The van der Waals surface area contributed by atoms with E-state index in [1.807, 2.05) is 0 Å². The van der Waals surface area contributed by atoms with Gasteiger partial charge in [-0.1, -0.05) is 0 Å². The zero-order chi connectivity index (χ0) is 14.3. The number of rotatable bonds is 0. The van der Waals surface area contributed by atoms with Gasteiger partial charge < -0.3 is 51.9 Å². The summed E-state index contributed by atoms with van der Waals surface area (Å²) in [6.45, 7) is 0. The molecule has 0 unspecified atom stereocenters. The Labute approximate surface area is 113 Å². The van der Waals surface area contributed by atoms with Crippen LogP contribution in [0.2, 0.25) is 0 Å². The van der Waals surface area contributed by atoms with Crippen LogP contribution in [0.1, 0.15) is 0 Å². The van der Waals surface area contributed by atoms with Crippen LogP contribution in [0.15, 0.2) is 0 Å². The van der Waals surface area contributed by atoms with Crippen LogP contribution in [0.5, 0.6) is 0 Å². The summed E-state index contributed by atoms with van der Waals surface area (Å²) < 4.78 is 96.3. The summed E-state index contributed by atoms with van der Waals surface area (Å²) in [6.07, 6.45) is 0. The Hall–Kier alpha value is 0.159. The van der Waals surface area contributed by atoms with Gasteiger partial charge in [-0.2, -0.15) is 0 Å². The Morgan fingerprint density at radius 2 is 0.412 bits per heavy atom. The molecule has 0 aliphatic rings. The van der Waals surface area contributed by atoms with Crippen molar-refractivity contribution in [2.75, 3.05) is 0 Å². The molecule has 0 rings (SSSR count). The molecule has 0 atom stereocenters. The SMILES string of the molecule is O=[S-](=O)O.O=[S-](=O)O.O=[S-](=O)O.O=[S-](=O)O.[Mn]. The van der Waals surface area contributed by atoms with E-state index in [0.29, 0.717) is 0 Å². The van der Waals surface area contributed by atoms with Gasteiger partial charge in [-0.15, -0.1) is 0 Å². The zero-order valence-corrected chi connectivity index (χ0v) is 11.5. The fourth-order valence-corrected chi connectivity index (χ4v) is 0. The molecule has 0 aliphatic carbocycles. The molecule has 0 fully saturated rings. The molecule has 4 N–H and O–H groups in total. The third-order valence-electron chi connectivity index (χ3n) is 0. The fraction of sp³-hybridized carbons (Fsp3) is 0. The first-order chi connectivity index (χ1) is 6.93. The monoisotopic (exact) mass is 379 g/mol. The summed E-state index contributed by atoms with van der Waals surface area (Å²) in [6, 6.07) is 0. The van der Waals surface area contributed by atoms with E-state index < -0.39 is 43.9 Å². The maximum atomic E-state index is 8.56. The molecule has 1 radical (unpaired) electrons. The molecule has 12 nitrogen and oxygen atoms in total. The van der Waals surface area contributed by atoms with Crippen molar-refractivity contribution in [3.05, 3.63) is 0 Å². The van der Waals surface area contributed by atoms with Gasteiger partial charge in [0.15, 0.2) is 0 Å².